The minimum absolute atomic E-state index is 0.0675. The Morgan fingerprint density at radius 2 is 2.12 bits per heavy atom. The number of nitrogens with two attached hydrogens (primary N) is 1. The number of pyridine rings is 1. The Balaban J connectivity index is 2.11. The first-order chi connectivity index (χ1) is 12.4. The zero-order valence-electron chi connectivity index (χ0n) is 14.6. The fourth-order valence-electron chi connectivity index (χ4n) is 3.60. The van der Waals surface area contributed by atoms with Gasteiger partial charge in [-0.15, -0.1) is 6.58 Å². The lowest BCUT2D eigenvalue weighted by Gasteiger charge is -2.29. The van der Waals surface area contributed by atoms with Gasteiger partial charge in [-0.25, -0.2) is 4.98 Å². The van der Waals surface area contributed by atoms with E-state index in [0.717, 1.165) is 5.56 Å². The van der Waals surface area contributed by atoms with Gasteiger partial charge in [-0.2, -0.15) is 0 Å². The van der Waals surface area contributed by atoms with Crippen LogP contribution in [0.15, 0.2) is 55.3 Å². The van der Waals surface area contributed by atoms with Crippen molar-refractivity contribution in [2.45, 2.75) is 12.5 Å². The Bertz CT molecular complexity index is 880. The number of anilines is 1. The van der Waals surface area contributed by atoms with Crippen molar-refractivity contribution in [3.8, 4) is 0 Å². The SMILES string of the molecule is C=CCN(C)c1ncccc1C(=O)C1(C(=O)O)Cc2ccccc2C1N. The Morgan fingerprint density at radius 3 is 2.77 bits per heavy atom. The summed E-state index contributed by atoms with van der Waals surface area (Å²) in [6, 6.07) is 9.54. The zero-order valence-corrected chi connectivity index (χ0v) is 14.6. The molecular weight excluding hydrogens is 330 g/mol. The number of hydrogen-bond acceptors (Lipinski definition) is 5. The van der Waals surface area contributed by atoms with Gasteiger partial charge in [-0.3, -0.25) is 9.59 Å². The summed E-state index contributed by atoms with van der Waals surface area (Å²) >= 11 is 0. The molecule has 1 aliphatic rings. The second-order valence-corrected chi connectivity index (χ2v) is 6.50. The fourth-order valence-corrected chi connectivity index (χ4v) is 3.60. The predicted molar refractivity (Wildman–Crippen MR) is 99.2 cm³/mol. The molecule has 0 bridgehead atoms. The van der Waals surface area contributed by atoms with E-state index in [2.05, 4.69) is 11.6 Å². The molecule has 3 N–H and O–H groups in total. The van der Waals surface area contributed by atoms with Crippen LogP contribution in [-0.2, 0) is 11.2 Å². The molecule has 1 heterocycles. The van der Waals surface area contributed by atoms with Crippen molar-refractivity contribution in [2.75, 3.05) is 18.5 Å². The molecule has 0 saturated carbocycles. The van der Waals surface area contributed by atoms with Crippen molar-refractivity contribution in [3.05, 3.63) is 71.9 Å². The molecule has 0 radical (unpaired) electrons. The van der Waals surface area contributed by atoms with Gasteiger partial charge in [0.05, 0.1) is 11.6 Å². The number of fused-ring (bicyclic) bond motifs is 1. The van der Waals surface area contributed by atoms with Crippen LogP contribution in [-0.4, -0.2) is 35.4 Å². The first kappa shape index (κ1) is 17.8. The molecule has 1 aliphatic carbocycles. The smallest absolute Gasteiger partial charge is 0.319 e. The van der Waals surface area contributed by atoms with E-state index in [4.69, 9.17) is 5.73 Å². The normalized spacial score (nSPS) is 21.1. The molecule has 0 aliphatic heterocycles. The third kappa shape index (κ3) is 2.59. The third-order valence-corrected chi connectivity index (χ3v) is 4.97. The van der Waals surface area contributed by atoms with Crippen LogP contribution < -0.4 is 10.6 Å². The van der Waals surface area contributed by atoms with Gasteiger partial charge in [-0.1, -0.05) is 30.3 Å². The Hall–Kier alpha value is -2.99. The number of aromatic nitrogens is 1. The monoisotopic (exact) mass is 351 g/mol. The highest BCUT2D eigenvalue weighted by Crippen LogP contribution is 2.47. The highest BCUT2D eigenvalue weighted by molar-refractivity contribution is 6.15. The number of nitrogens with zero attached hydrogens (tertiary/aromatic N) is 2. The predicted octanol–water partition coefficient (Wildman–Crippen LogP) is 2.21. The van der Waals surface area contributed by atoms with Crippen molar-refractivity contribution in [2.24, 2.45) is 11.1 Å². The van der Waals surface area contributed by atoms with Crippen LogP contribution in [0.3, 0.4) is 0 Å². The molecule has 0 amide bonds. The number of carboxylic acid groups (broad SMARTS) is 1. The number of hydrogen-bond donors (Lipinski definition) is 2. The molecule has 0 saturated heterocycles. The summed E-state index contributed by atoms with van der Waals surface area (Å²) in [5.41, 5.74) is 6.30. The second-order valence-electron chi connectivity index (χ2n) is 6.50. The van der Waals surface area contributed by atoms with E-state index in [-0.39, 0.29) is 12.0 Å². The van der Waals surface area contributed by atoms with E-state index < -0.39 is 23.2 Å². The molecular formula is C20H21N3O3. The van der Waals surface area contributed by atoms with E-state index in [0.29, 0.717) is 17.9 Å². The van der Waals surface area contributed by atoms with Crippen molar-refractivity contribution >= 4 is 17.6 Å². The topological polar surface area (TPSA) is 96.5 Å². The molecule has 26 heavy (non-hydrogen) atoms. The van der Waals surface area contributed by atoms with Gasteiger partial charge in [-0.05, 0) is 29.7 Å². The third-order valence-electron chi connectivity index (χ3n) is 4.97. The molecule has 3 rings (SSSR count). The zero-order chi connectivity index (χ0) is 18.9. The van der Waals surface area contributed by atoms with Gasteiger partial charge >= 0.3 is 5.97 Å². The molecule has 0 spiro atoms. The highest BCUT2D eigenvalue weighted by atomic mass is 16.4. The minimum atomic E-state index is -1.74. The van der Waals surface area contributed by atoms with Crippen molar-refractivity contribution < 1.29 is 14.7 Å². The number of likely N-dealkylation sites (N-methyl/N-ethyl adjacent to an activating group) is 1. The summed E-state index contributed by atoms with van der Waals surface area (Å²) in [5, 5.41) is 10.0. The molecule has 2 aromatic rings. The molecule has 1 aromatic carbocycles. The van der Waals surface area contributed by atoms with Crippen molar-refractivity contribution in [1.82, 2.24) is 4.98 Å². The van der Waals surface area contributed by atoms with Gasteiger partial charge in [0, 0.05) is 19.8 Å². The average molecular weight is 351 g/mol. The highest BCUT2D eigenvalue weighted by Gasteiger charge is 2.56. The van der Waals surface area contributed by atoms with E-state index in [1.807, 2.05) is 12.1 Å². The summed E-state index contributed by atoms with van der Waals surface area (Å²) in [4.78, 5) is 31.8. The first-order valence-electron chi connectivity index (χ1n) is 8.32. The lowest BCUT2D eigenvalue weighted by Crippen LogP contribution is -2.46. The molecule has 6 heteroatoms. The maximum Gasteiger partial charge on any atom is 0.319 e. The summed E-state index contributed by atoms with van der Waals surface area (Å²) < 4.78 is 0. The summed E-state index contributed by atoms with van der Waals surface area (Å²) in [6.45, 7) is 4.17. The first-order valence-corrected chi connectivity index (χ1v) is 8.32. The molecule has 6 nitrogen and oxygen atoms in total. The lowest BCUT2D eigenvalue weighted by molar-refractivity contribution is -0.146. The molecule has 2 atom stereocenters. The van der Waals surface area contributed by atoms with Crippen LogP contribution in [0.5, 0.6) is 0 Å². The summed E-state index contributed by atoms with van der Waals surface area (Å²) in [6.07, 6.45) is 3.33. The van der Waals surface area contributed by atoms with Crippen LogP contribution in [0.2, 0.25) is 0 Å². The number of rotatable bonds is 6. The van der Waals surface area contributed by atoms with Gasteiger partial charge in [0.25, 0.3) is 0 Å². The maximum atomic E-state index is 13.5. The lowest BCUT2D eigenvalue weighted by atomic mass is 9.74. The number of carbonyl (C=O) groups excluding carboxylic acids is 1. The molecule has 0 fully saturated rings. The second kappa shape index (κ2) is 6.72. The average Bonchev–Trinajstić information content (AvgIpc) is 2.95. The standard InChI is InChI=1S/C20H21N3O3/c1-3-11-23(2)18-15(9-6-10-22-18)17(24)20(19(25)26)12-13-7-4-5-8-14(13)16(20)21/h3-10,16H,1,11-12,21H2,2H3,(H,25,26). The number of carbonyl (C=O) groups is 2. The Morgan fingerprint density at radius 1 is 1.38 bits per heavy atom. The Labute approximate surface area is 152 Å². The number of aliphatic carboxylic acids is 1. The van der Waals surface area contributed by atoms with Gasteiger partial charge in [0.15, 0.2) is 11.2 Å². The van der Waals surface area contributed by atoms with Gasteiger partial charge in [0.2, 0.25) is 0 Å². The molecule has 134 valence electrons. The van der Waals surface area contributed by atoms with Crippen LogP contribution in [0.1, 0.15) is 27.5 Å². The number of ketones is 1. The number of Topliss-reactive ketones (excluding diaryl/α,β-unsaturated/α-hetero) is 1. The van der Waals surface area contributed by atoms with E-state index in [1.54, 1.807) is 48.5 Å². The fraction of sp³-hybridized carbons (Fsp3) is 0.250. The van der Waals surface area contributed by atoms with Crippen LogP contribution in [0.25, 0.3) is 0 Å². The van der Waals surface area contributed by atoms with E-state index in [1.165, 1.54) is 0 Å². The summed E-state index contributed by atoms with van der Waals surface area (Å²) in [7, 11) is 1.78. The summed E-state index contributed by atoms with van der Waals surface area (Å²) in [5.74, 6) is -1.32. The van der Waals surface area contributed by atoms with E-state index in [9.17, 15) is 14.7 Å². The molecule has 1 aromatic heterocycles. The van der Waals surface area contributed by atoms with Crippen LogP contribution in [0.4, 0.5) is 5.82 Å². The van der Waals surface area contributed by atoms with Gasteiger partial charge in [0.1, 0.15) is 5.82 Å². The van der Waals surface area contributed by atoms with Crippen LogP contribution in [0, 0.1) is 5.41 Å². The largest absolute Gasteiger partial charge is 0.480 e. The van der Waals surface area contributed by atoms with Crippen molar-refractivity contribution in [1.29, 1.82) is 0 Å². The van der Waals surface area contributed by atoms with Crippen LogP contribution >= 0.6 is 0 Å². The Kier molecular flexibility index (Phi) is 4.61. The number of carboxylic acids is 1. The van der Waals surface area contributed by atoms with E-state index >= 15 is 0 Å². The quantitative estimate of drug-likeness (QED) is 0.471. The minimum Gasteiger partial charge on any atom is -0.480 e. The van der Waals surface area contributed by atoms with Gasteiger partial charge < -0.3 is 15.7 Å². The molecule has 2 unspecified atom stereocenters. The maximum absolute atomic E-state index is 13.5. The van der Waals surface area contributed by atoms with Crippen molar-refractivity contribution in [3.63, 3.8) is 0 Å². The number of benzene rings is 1.